The van der Waals surface area contributed by atoms with Crippen LogP contribution in [0.2, 0.25) is 0 Å². The molecule has 3 aromatic heterocycles. The van der Waals surface area contributed by atoms with Crippen molar-refractivity contribution in [3.8, 4) is 0 Å². The summed E-state index contributed by atoms with van der Waals surface area (Å²) in [6, 6.07) is 3.95. The highest BCUT2D eigenvalue weighted by atomic mass is 35.5. The van der Waals surface area contributed by atoms with Crippen LogP contribution in [-0.4, -0.2) is 24.3 Å². The first-order valence-corrected chi connectivity index (χ1v) is 7.03. The zero-order valence-electron chi connectivity index (χ0n) is 11.5. The molecule has 0 bridgehead atoms. The molecule has 0 aromatic carbocycles. The minimum atomic E-state index is -0.151. The smallest absolute Gasteiger partial charge is 0.160 e. The quantitative estimate of drug-likeness (QED) is 0.694. The maximum Gasteiger partial charge on any atom is 0.160 e. The summed E-state index contributed by atoms with van der Waals surface area (Å²) < 4.78 is 3.97. The fraction of sp³-hybridized carbons (Fsp3) is 0.357. The van der Waals surface area contributed by atoms with Crippen molar-refractivity contribution in [2.75, 3.05) is 0 Å². The lowest BCUT2D eigenvalue weighted by molar-refractivity contribution is 0.526. The van der Waals surface area contributed by atoms with Gasteiger partial charge in [0.25, 0.3) is 0 Å². The van der Waals surface area contributed by atoms with Crippen LogP contribution < -0.4 is 0 Å². The molecule has 0 aliphatic rings. The van der Waals surface area contributed by atoms with Gasteiger partial charge in [0.2, 0.25) is 0 Å². The van der Waals surface area contributed by atoms with E-state index in [0.717, 1.165) is 35.6 Å². The highest BCUT2D eigenvalue weighted by Crippen LogP contribution is 2.23. The Morgan fingerprint density at radius 1 is 1.35 bits per heavy atom. The molecule has 0 spiro atoms. The Hall–Kier alpha value is -1.88. The van der Waals surface area contributed by atoms with Crippen LogP contribution in [0.4, 0.5) is 0 Å². The van der Waals surface area contributed by atoms with Crippen molar-refractivity contribution >= 4 is 22.8 Å². The van der Waals surface area contributed by atoms with Gasteiger partial charge in [-0.15, -0.1) is 11.6 Å². The van der Waals surface area contributed by atoms with Gasteiger partial charge in [0.1, 0.15) is 11.3 Å². The van der Waals surface area contributed by atoms with Crippen molar-refractivity contribution in [2.45, 2.75) is 32.3 Å². The van der Waals surface area contributed by atoms with Crippen molar-refractivity contribution in [3.63, 3.8) is 0 Å². The van der Waals surface area contributed by atoms with Gasteiger partial charge in [0, 0.05) is 25.1 Å². The van der Waals surface area contributed by atoms with E-state index in [1.165, 1.54) is 0 Å². The molecule has 0 saturated carbocycles. The summed E-state index contributed by atoms with van der Waals surface area (Å²) in [4.78, 5) is 9.11. The van der Waals surface area contributed by atoms with Crippen molar-refractivity contribution in [3.05, 3.63) is 42.1 Å². The molecule has 0 amide bonds. The zero-order chi connectivity index (χ0) is 14.1. The van der Waals surface area contributed by atoms with E-state index >= 15 is 0 Å². The number of hydrogen-bond acceptors (Lipinski definition) is 3. The fourth-order valence-corrected chi connectivity index (χ4v) is 2.45. The standard InChI is InChI=1S/C14H16ClN5/c1-10-8-12-14(16-9-10)20(13(18-12)11(2)15)7-6-19-5-3-4-17-19/h3-5,8-9,11H,6-7H2,1-2H3. The van der Waals surface area contributed by atoms with E-state index in [1.54, 1.807) is 6.20 Å². The third kappa shape index (κ3) is 2.41. The summed E-state index contributed by atoms with van der Waals surface area (Å²) in [6.45, 7) is 5.46. The van der Waals surface area contributed by atoms with Crippen molar-refractivity contribution < 1.29 is 0 Å². The Kier molecular flexibility index (Phi) is 3.44. The summed E-state index contributed by atoms with van der Waals surface area (Å²) in [7, 11) is 0. The minimum absolute atomic E-state index is 0.151. The predicted molar refractivity (Wildman–Crippen MR) is 78.8 cm³/mol. The lowest BCUT2D eigenvalue weighted by atomic mass is 10.3. The van der Waals surface area contributed by atoms with Gasteiger partial charge in [-0.25, -0.2) is 9.97 Å². The molecule has 0 saturated heterocycles. The maximum absolute atomic E-state index is 6.25. The minimum Gasteiger partial charge on any atom is -0.310 e. The van der Waals surface area contributed by atoms with Crippen molar-refractivity contribution in [1.29, 1.82) is 0 Å². The molecule has 104 valence electrons. The molecule has 0 N–H and O–H groups in total. The fourth-order valence-electron chi connectivity index (χ4n) is 2.29. The molecule has 0 aliphatic heterocycles. The molecular formula is C14H16ClN5. The average molecular weight is 290 g/mol. The van der Waals surface area contributed by atoms with Gasteiger partial charge in [-0.1, -0.05) is 0 Å². The monoisotopic (exact) mass is 289 g/mol. The largest absolute Gasteiger partial charge is 0.310 e. The van der Waals surface area contributed by atoms with Crippen molar-refractivity contribution in [2.24, 2.45) is 0 Å². The zero-order valence-corrected chi connectivity index (χ0v) is 12.2. The number of aryl methyl sites for hydroxylation is 3. The molecule has 20 heavy (non-hydrogen) atoms. The van der Waals surface area contributed by atoms with E-state index < -0.39 is 0 Å². The molecule has 6 heteroatoms. The number of hydrogen-bond donors (Lipinski definition) is 0. The summed E-state index contributed by atoms with van der Waals surface area (Å²) in [5.74, 6) is 0.854. The van der Waals surface area contributed by atoms with Gasteiger partial charge >= 0.3 is 0 Å². The Morgan fingerprint density at radius 2 is 2.20 bits per heavy atom. The van der Waals surface area contributed by atoms with E-state index in [4.69, 9.17) is 11.6 Å². The van der Waals surface area contributed by atoms with Crippen LogP contribution in [0.25, 0.3) is 11.2 Å². The summed E-state index contributed by atoms with van der Waals surface area (Å²) >= 11 is 6.25. The number of halogens is 1. The third-order valence-corrected chi connectivity index (χ3v) is 3.41. The van der Waals surface area contributed by atoms with E-state index in [2.05, 4.69) is 19.6 Å². The van der Waals surface area contributed by atoms with Gasteiger partial charge < -0.3 is 4.57 Å². The van der Waals surface area contributed by atoms with E-state index in [9.17, 15) is 0 Å². The normalized spacial score (nSPS) is 12.9. The van der Waals surface area contributed by atoms with E-state index in [-0.39, 0.29) is 5.38 Å². The maximum atomic E-state index is 6.25. The van der Waals surface area contributed by atoms with E-state index in [1.807, 2.05) is 43.1 Å². The average Bonchev–Trinajstić information content (AvgIpc) is 3.02. The molecular weight excluding hydrogens is 274 g/mol. The molecule has 5 nitrogen and oxygen atoms in total. The van der Waals surface area contributed by atoms with Gasteiger partial charge in [-0.05, 0) is 31.5 Å². The number of aromatic nitrogens is 5. The SMILES string of the molecule is Cc1cnc2c(c1)nc(C(C)Cl)n2CCn1cccn1. The Bertz CT molecular complexity index is 715. The van der Waals surface area contributed by atoms with Crippen molar-refractivity contribution in [1.82, 2.24) is 24.3 Å². The van der Waals surface area contributed by atoms with Crippen LogP contribution >= 0.6 is 11.6 Å². The first kappa shape index (κ1) is 13.1. The first-order chi connectivity index (χ1) is 9.65. The van der Waals surface area contributed by atoms with Crippen LogP contribution in [0.3, 0.4) is 0 Å². The van der Waals surface area contributed by atoms with Gasteiger partial charge in [0.15, 0.2) is 5.65 Å². The summed E-state index contributed by atoms with van der Waals surface area (Å²) in [5, 5.41) is 4.06. The van der Waals surface area contributed by atoms with E-state index in [0.29, 0.717) is 0 Å². The second kappa shape index (κ2) is 5.25. The Labute approximate surface area is 122 Å². The number of fused-ring (bicyclic) bond motifs is 1. The molecule has 0 aliphatic carbocycles. The summed E-state index contributed by atoms with van der Waals surface area (Å²) in [6.07, 6.45) is 5.58. The predicted octanol–water partition coefficient (Wildman–Crippen LogP) is 2.94. The lowest BCUT2D eigenvalue weighted by Crippen LogP contribution is -2.11. The Morgan fingerprint density at radius 3 is 2.90 bits per heavy atom. The molecule has 0 radical (unpaired) electrons. The number of pyridine rings is 1. The number of rotatable bonds is 4. The molecule has 1 unspecified atom stereocenters. The van der Waals surface area contributed by atoms with Gasteiger partial charge in [0.05, 0.1) is 11.9 Å². The second-order valence-electron chi connectivity index (χ2n) is 4.86. The topological polar surface area (TPSA) is 48.5 Å². The van der Waals surface area contributed by atoms with Gasteiger partial charge in [-0.3, -0.25) is 4.68 Å². The van der Waals surface area contributed by atoms with Crippen LogP contribution in [0.15, 0.2) is 30.7 Å². The highest BCUT2D eigenvalue weighted by molar-refractivity contribution is 6.20. The van der Waals surface area contributed by atoms with Gasteiger partial charge in [-0.2, -0.15) is 5.10 Å². The third-order valence-electron chi connectivity index (χ3n) is 3.22. The molecule has 0 fully saturated rings. The number of alkyl halides is 1. The lowest BCUT2D eigenvalue weighted by Gasteiger charge is -2.10. The number of nitrogens with zero attached hydrogens (tertiary/aromatic N) is 5. The number of imidazole rings is 1. The molecule has 3 heterocycles. The summed E-state index contributed by atoms with van der Waals surface area (Å²) in [5.41, 5.74) is 2.88. The Balaban J connectivity index is 2.00. The van der Waals surface area contributed by atoms with Crippen LogP contribution in [0.5, 0.6) is 0 Å². The van der Waals surface area contributed by atoms with Crippen LogP contribution in [0, 0.1) is 6.92 Å². The molecule has 1 atom stereocenters. The molecule has 3 rings (SSSR count). The second-order valence-corrected chi connectivity index (χ2v) is 5.52. The first-order valence-electron chi connectivity index (χ1n) is 6.59. The van der Waals surface area contributed by atoms with Crippen LogP contribution in [-0.2, 0) is 13.1 Å². The highest BCUT2D eigenvalue weighted by Gasteiger charge is 2.15. The molecule has 3 aromatic rings. The van der Waals surface area contributed by atoms with Crippen LogP contribution in [0.1, 0.15) is 23.7 Å².